The van der Waals surface area contributed by atoms with Gasteiger partial charge < -0.3 is 9.64 Å². The largest absolute Gasteiger partial charge is 0.461 e. The number of nitrogens with zero attached hydrogens (tertiary/aromatic N) is 5. The first-order valence-electron chi connectivity index (χ1n) is 12.2. The van der Waals surface area contributed by atoms with Crippen molar-refractivity contribution in [1.29, 1.82) is 0 Å². The van der Waals surface area contributed by atoms with Gasteiger partial charge in [-0.2, -0.15) is 9.40 Å². The van der Waals surface area contributed by atoms with Gasteiger partial charge in [0.15, 0.2) is 11.3 Å². The molecule has 1 fully saturated rings. The van der Waals surface area contributed by atoms with E-state index in [0.29, 0.717) is 31.8 Å². The van der Waals surface area contributed by atoms with Gasteiger partial charge in [0.05, 0.1) is 29.6 Å². The highest BCUT2D eigenvalue weighted by Crippen LogP contribution is 2.33. The van der Waals surface area contributed by atoms with Gasteiger partial charge in [0.2, 0.25) is 10.0 Å². The lowest BCUT2D eigenvalue weighted by atomic mass is 10.0. The number of anilines is 1. The summed E-state index contributed by atoms with van der Waals surface area (Å²) in [6.45, 7) is 6.14. The van der Waals surface area contributed by atoms with Crippen molar-refractivity contribution in [3.8, 4) is 16.8 Å². The maximum Gasteiger partial charge on any atom is 0.357 e. The fourth-order valence-electron chi connectivity index (χ4n) is 4.71. The van der Waals surface area contributed by atoms with E-state index in [1.165, 1.54) is 10.6 Å². The van der Waals surface area contributed by atoms with Crippen LogP contribution in [0.2, 0.25) is 0 Å². The second-order valence-electron chi connectivity index (χ2n) is 9.00. The Kier molecular flexibility index (Phi) is 6.70. The molecular weight excluding hydrogens is 490 g/mol. The number of benzene rings is 2. The number of carbonyl (C=O) groups is 1. The summed E-state index contributed by atoms with van der Waals surface area (Å²) in [5.41, 5.74) is 5.26. The Morgan fingerprint density at radius 1 is 0.973 bits per heavy atom. The molecule has 2 aromatic heterocycles. The second-order valence-corrected chi connectivity index (χ2v) is 11.0. The number of hydrogen-bond donors (Lipinski definition) is 0. The van der Waals surface area contributed by atoms with E-state index in [1.807, 2.05) is 61.5 Å². The van der Waals surface area contributed by atoms with E-state index in [-0.39, 0.29) is 12.3 Å². The molecule has 0 amide bonds. The normalized spacial score (nSPS) is 14.7. The molecule has 1 aliphatic rings. The van der Waals surface area contributed by atoms with Crippen molar-refractivity contribution in [2.75, 3.05) is 43.9 Å². The summed E-state index contributed by atoms with van der Waals surface area (Å²) in [6, 6.07) is 19.5. The average Bonchev–Trinajstić information content (AvgIpc) is 3.25. The number of sulfonamides is 1. The molecule has 2 aromatic carbocycles. The number of piperazine rings is 1. The third kappa shape index (κ3) is 4.94. The maximum absolute atomic E-state index is 12.7. The maximum atomic E-state index is 12.7. The summed E-state index contributed by atoms with van der Waals surface area (Å²) < 4.78 is 32.2. The first-order chi connectivity index (χ1) is 17.8. The number of carbonyl (C=O) groups excluding carboxylic acids is 1. The molecule has 0 bridgehead atoms. The summed E-state index contributed by atoms with van der Waals surface area (Å²) in [4.78, 5) is 19.6. The summed E-state index contributed by atoms with van der Waals surface area (Å²) in [7, 11) is -3.18. The van der Waals surface area contributed by atoms with Crippen LogP contribution in [0.25, 0.3) is 27.8 Å². The average molecular weight is 520 g/mol. The van der Waals surface area contributed by atoms with Crippen molar-refractivity contribution in [3.05, 3.63) is 72.1 Å². The van der Waals surface area contributed by atoms with E-state index < -0.39 is 16.0 Å². The van der Waals surface area contributed by atoms with E-state index in [2.05, 4.69) is 9.88 Å². The van der Waals surface area contributed by atoms with Gasteiger partial charge in [0, 0.05) is 31.9 Å². The van der Waals surface area contributed by atoms with Crippen LogP contribution in [0.1, 0.15) is 23.1 Å². The molecule has 0 radical (unpaired) electrons. The van der Waals surface area contributed by atoms with Crippen molar-refractivity contribution in [1.82, 2.24) is 19.1 Å². The molecule has 4 aromatic rings. The van der Waals surface area contributed by atoms with Gasteiger partial charge in [-0.3, -0.25) is 0 Å². The lowest BCUT2D eigenvalue weighted by molar-refractivity contribution is 0.0520. The van der Waals surface area contributed by atoms with Crippen molar-refractivity contribution < 1.29 is 17.9 Å². The Hall–Kier alpha value is -3.76. The number of pyridine rings is 1. The quantitative estimate of drug-likeness (QED) is 0.359. The molecule has 3 heterocycles. The van der Waals surface area contributed by atoms with E-state index >= 15 is 0 Å². The third-order valence-corrected chi connectivity index (χ3v) is 7.85. The molecule has 37 heavy (non-hydrogen) atoms. The standard InChI is InChI=1S/C27H29N5O4S/c1-4-36-27(33)24-18-23(25-19(2)29-32(26(25)28-24)22-8-6-5-7-9-22)20-10-12-21(13-11-20)30-14-16-31(17-15-30)37(3,34)35/h5-13,18H,4,14-17H2,1-3H3. The summed E-state index contributed by atoms with van der Waals surface area (Å²) in [6.07, 6.45) is 1.25. The Labute approximate surface area is 216 Å². The molecule has 0 atom stereocenters. The predicted octanol–water partition coefficient (Wildman–Crippen LogP) is 3.65. The first kappa shape index (κ1) is 24.9. The number of esters is 1. The van der Waals surface area contributed by atoms with Gasteiger partial charge >= 0.3 is 5.97 Å². The van der Waals surface area contributed by atoms with Crippen LogP contribution in [0.4, 0.5) is 5.69 Å². The zero-order valence-corrected chi connectivity index (χ0v) is 21.9. The van der Waals surface area contributed by atoms with Crippen LogP contribution in [0.15, 0.2) is 60.7 Å². The topological polar surface area (TPSA) is 97.6 Å². The summed E-state index contributed by atoms with van der Waals surface area (Å²) in [5, 5.41) is 5.62. The molecular formula is C27H29N5O4S. The minimum atomic E-state index is -3.18. The minimum absolute atomic E-state index is 0.224. The summed E-state index contributed by atoms with van der Waals surface area (Å²) >= 11 is 0. The molecule has 1 aliphatic heterocycles. The molecule has 192 valence electrons. The van der Waals surface area contributed by atoms with Crippen molar-refractivity contribution in [2.24, 2.45) is 0 Å². The van der Waals surface area contributed by atoms with Gasteiger partial charge in [-0.15, -0.1) is 0 Å². The predicted molar refractivity (Wildman–Crippen MR) is 144 cm³/mol. The fourth-order valence-corrected chi connectivity index (χ4v) is 5.53. The Balaban J connectivity index is 1.55. The molecule has 0 spiro atoms. The van der Waals surface area contributed by atoms with Crippen LogP contribution in [0.3, 0.4) is 0 Å². The minimum Gasteiger partial charge on any atom is -0.461 e. The Morgan fingerprint density at radius 3 is 2.27 bits per heavy atom. The summed E-state index contributed by atoms with van der Waals surface area (Å²) in [5.74, 6) is -0.482. The number of ether oxygens (including phenoxy) is 1. The zero-order valence-electron chi connectivity index (χ0n) is 21.1. The Morgan fingerprint density at radius 2 is 1.65 bits per heavy atom. The lowest BCUT2D eigenvalue weighted by Crippen LogP contribution is -2.48. The molecule has 1 saturated heterocycles. The van der Waals surface area contributed by atoms with Gasteiger partial charge in [-0.05, 0) is 55.3 Å². The van der Waals surface area contributed by atoms with Crippen molar-refractivity contribution >= 4 is 32.7 Å². The van der Waals surface area contributed by atoms with Crippen LogP contribution in [-0.4, -0.2) is 72.5 Å². The molecule has 5 rings (SSSR count). The first-order valence-corrected chi connectivity index (χ1v) is 14.0. The number of rotatable bonds is 6. The van der Waals surface area contributed by atoms with Gasteiger partial charge in [-0.1, -0.05) is 30.3 Å². The number of para-hydroxylation sites is 1. The third-order valence-electron chi connectivity index (χ3n) is 6.55. The monoisotopic (exact) mass is 519 g/mol. The highest BCUT2D eigenvalue weighted by Gasteiger charge is 2.24. The highest BCUT2D eigenvalue weighted by atomic mass is 32.2. The van der Waals surface area contributed by atoms with E-state index in [0.717, 1.165) is 33.6 Å². The molecule has 0 saturated carbocycles. The van der Waals surface area contributed by atoms with Crippen molar-refractivity contribution in [3.63, 3.8) is 0 Å². The van der Waals surface area contributed by atoms with E-state index in [9.17, 15) is 13.2 Å². The van der Waals surface area contributed by atoms with Crippen molar-refractivity contribution in [2.45, 2.75) is 13.8 Å². The van der Waals surface area contributed by atoms with Crippen LogP contribution in [-0.2, 0) is 14.8 Å². The van der Waals surface area contributed by atoms with Gasteiger partial charge in [0.25, 0.3) is 0 Å². The second kappa shape index (κ2) is 9.95. The molecule has 10 heteroatoms. The fraction of sp³-hybridized carbons (Fsp3) is 0.296. The van der Waals surface area contributed by atoms with Crippen LogP contribution >= 0.6 is 0 Å². The smallest absolute Gasteiger partial charge is 0.357 e. The number of aromatic nitrogens is 3. The zero-order chi connectivity index (χ0) is 26.2. The van der Waals surface area contributed by atoms with E-state index in [4.69, 9.17) is 9.84 Å². The van der Waals surface area contributed by atoms with Crippen LogP contribution in [0.5, 0.6) is 0 Å². The SMILES string of the molecule is CCOC(=O)c1cc(-c2ccc(N3CCN(S(C)(=O)=O)CC3)cc2)c2c(C)nn(-c3ccccc3)c2n1. The Bertz CT molecular complexity index is 1540. The van der Waals surface area contributed by atoms with Crippen LogP contribution in [0, 0.1) is 6.92 Å². The lowest BCUT2D eigenvalue weighted by Gasteiger charge is -2.34. The van der Waals surface area contributed by atoms with E-state index in [1.54, 1.807) is 17.7 Å². The molecule has 0 unspecified atom stereocenters. The molecule has 0 aliphatic carbocycles. The highest BCUT2D eigenvalue weighted by molar-refractivity contribution is 7.88. The number of aryl methyl sites for hydroxylation is 1. The number of hydrogen-bond acceptors (Lipinski definition) is 7. The van der Waals surface area contributed by atoms with Gasteiger partial charge in [-0.25, -0.2) is 22.9 Å². The molecule has 9 nitrogen and oxygen atoms in total. The van der Waals surface area contributed by atoms with Gasteiger partial charge in [0.1, 0.15) is 0 Å². The number of fused-ring (bicyclic) bond motifs is 1. The van der Waals surface area contributed by atoms with Crippen LogP contribution < -0.4 is 4.90 Å². The molecule has 0 N–H and O–H groups in total.